The zero-order valence-corrected chi connectivity index (χ0v) is 12.8. The smallest absolute Gasteiger partial charge is 0.141 e. The fourth-order valence-electron chi connectivity index (χ4n) is 2.15. The van der Waals surface area contributed by atoms with Gasteiger partial charge in [-0.25, -0.2) is 0 Å². The first-order valence-electron chi connectivity index (χ1n) is 7.02. The molecule has 0 atom stereocenters. The van der Waals surface area contributed by atoms with Gasteiger partial charge in [0.05, 0.1) is 23.8 Å². The lowest BCUT2D eigenvalue weighted by Crippen LogP contribution is -2.27. The van der Waals surface area contributed by atoms with Crippen LogP contribution >= 0.6 is 0 Å². The molecule has 0 N–H and O–H groups in total. The van der Waals surface area contributed by atoms with E-state index in [0.717, 1.165) is 18.5 Å². The van der Waals surface area contributed by atoms with Crippen molar-refractivity contribution in [1.29, 1.82) is 0 Å². The summed E-state index contributed by atoms with van der Waals surface area (Å²) in [6, 6.07) is 2.37. The highest BCUT2D eigenvalue weighted by molar-refractivity contribution is 5.81. The molecule has 0 aliphatic carbocycles. The Hall–Kier alpha value is -1.16. The molecule has 0 fully saturated rings. The average molecular weight is 266 g/mol. The number of carbonyl (C=O) groups excluding carboxylic acids is 1. The molecular weight excluding hydrogens is 240 g/mol. The van der Waals surface area contributed by atoms with Crippen molar-refractivity contribution in [3.8, 4) is 0 Å². The third-order valence-electron chi connectivity index (χ3n) is 3.53. The number of nitrogens with zero attached hydrogens (tertiary/aromatic N) is 2. The van der Waals surface area contributed by atoms with Crippen LogP contribution in [0, 0.1) is 0 Å². The van der Waals surface area contributed by atoms with Gasteiger partial charge < -0.3 is 4.74 Å². The van der Waals surface area contributed by atoms with Crippen molar-refractivity contribution in [3.63, 3.8) is 0 Å². The van der Waals surface area contributed by atoms with Gasteiger partial charge in [0, 0.05) is 19.7 Å². The first kappa shape index (κ1) is 15.9. The monoisotopic (exact) mass is 266 g/mol. The molecule has 108 valence electrons. The Morgan fingerprint density at radius 2 is 2.05 bits per heavy atom. The maximum Gasteiger partial charge on any atom is 0.141 e. The number of Topliss-reactive ketones (excluding diaryl/α,β-unsaturated/α-hetero) is 1. The molecule has 0 amide bonds. The summed E-state index contributed by atoms with van der Waals surface area (Å²) in [6.45, 7) is 8.16. The summed E-state index contributed by atoms with van der Waals surface area (Å²) in [5.41, 5.74) is 0.457. The lowest BCUT2D eigenvalue weighted by atomic mass is 9.99. The van der Waals surface area contributed by atoms with Crippen molar-refractivity contribution in [2.24, 2.45) is 0 Å². The normalized spacial score (nSPS) is 12.1. The first-order chi connectivity index (χ1) is 8.91. The predicted molar refractivity (Wildman–Crippen MR) is 76.3 cm³/mol. The summed E-state index contributed by atoms with van der Waals surface area (Å²) in [7, 11) is 1.63. The number of methoxy groups -OCH3 is 1. The van der Waals surface area contributed by atoms with Crippen LogP contribution in [0.4, 0.5) is 0 Å². The van der Waals surface area contributed by atoms with Crippen molar-refractivity contribution in [1.82, 2.24) is 9.78 Å². The summed E-state index contributed by atoms with van der Waals surface area (Å²) in [4.78, 5) is 12.0. The molecule has 4 nitrogen and oxygen atoms in total. The minimum Gasteiger partial charge on any atom is -0.378 e. The molecule has 0 saturated heterocycles. The molecule has 0 saturated carbocycles. The van der Waals surface area contributed by atoms with Crippen molar-refractivity contribution in [2.45, 2.75) is 65.0 Å². The van der Waals surface area contributed by atoms with Crippen molar-refractivity contribution < 1.29 is 9.53 Å². The molecule has 1 aromatic rings. The van der Waals surface area contributed by atoms with E-state index in [1.54, 1.807) is 7.11 Å². The Morgan fingerprint density at radius 1 is 1.42 bits per heavy atom. The SMILES string of the molecule is CCC(CC)n1ccc(CC(=O)CC(C)(C)OC)n1. The van der Waals surface area contributed by atoms with Crippen LogP contribution in [0.2, 0.25) is 0 Å². The molecule has 1 heterocycles. The number of ketones is 1. The summed E-state index contributed by atoms with van der Waals surface area (Å²) < 4.78 is 7.25. The van der Waals surface area contributed by atoms with E-state index in [4.69, 9.17) is 4.74 Å². The average Bonchev–Trinajstić information content (AvgIpc) is 2.78. The second kappa shape index (κ2) is 6.85. The van der Waals surface area contributed by atoms with Gasteiger partial charge in [-0.2, -0.15) is 5.10 Å². The third-order valence-corrected chi connectivity index (χ3v) is 3.53. The molecule has 0 unspecified atom stereocenters. The van der Waals surface area contributed by atoms with Crippen LogP contribution in [0.15, 0.2) is 12.3 Å². The maximum absolute atomic E-state index is 12.0. The zero-order valence-electron chi connectivity index (χ0n) is 12.8. The summed E-state index contributed by atoms with van der Waals surface area (Å²) in [6.07, 6.45) is 4.90. The molecule has 1 rings (SSSR count). The summed E-state index contributed by atoms with van der Waals surface area (Å²) in [5.74, 6) is 0.168. The van der Waals surface area contributed by atoms with E-state index >= 15 is 0 Å². The highest BCUT2D eigenvalue weighted by Crippen LogP contribution is 2.17. The highest BCUT2D eigenvalue weighted by atomic mass is 16.5. The minimum absolute atomic E-state index is 0.168. The van der Waals surface area contributed by atoms with Gasteiger partial charge in [0.1, 0.15) is 5.78 Å². The highest BCUT2D eigenvalue weighted by Gasteiger charge is 2.21. The van der Waals surface area contributed by atoms with E-state index in [2.05, 4.69) is 18.9 Å². The van der Waals surface area contributed by atoms with Crippen molar-refractivity contribution in [3.05, 3.63) is 18.0 Å². The van der Waals surface area contributed by atoms with Crippen LogP contribution in [0.3, 0.4) is 0 Å². The minimum atomic E-state index is -0.394. The zero-order chi connectivity index (χ0) is 14.5. The predicted octanol–water partition coefficient (Wildman–Crippen LogP) is 3.17. The van der Waals surface area contributed by atoms with E-state index in [0.29, 0.717) is 18.9 Å². The van der Waals surface area contributed by atoms with Crippen molar-refractivity contribution >= 4 is 5.78 Å². The lowest BCUT2D eigenvalue weighted by molar-refractivity contribution is -0.123. The van der Waals surface area contributed by atoms with Crippen LogP contribution < -0.4 is 0 Å². The Balaban J connectivity index is 2.61. The molecule has 0 aromatic carbocycles. The van der Waals surface area contributed by atoms with Crippen LogP contribution in [0.1, 0.15) is 58.7 Å². The van der Waals surface area contributed by atoms with Crippen LogP contribution in [-0.2, 0) is 16.0 Å². The van der Waals surface area contributed by atoms with Gasteiger partial charge in [-0.3, -0.25) is 9.48 Å². The number of aromatic nitrogens is 2. The number of ether oxygens (including phenoxy) is 1. The number of hydrogen-bond acceptors (Lipinski definition) is 3. The molecule has 1 aromatic heterocycles. The number of hydrogen-bond donors (Lipinski definition) is 0. The van der Waals surface area contributed by atoms with Crippen molar-refractivity contribution in [2.75, 3.05) is 7.11 Å². The van der Waals surface area contributed by atoms with E-state index < -0.39 is 5.60 Å². The standard InChI is InChI=1S/C15H26N2O2/c1-6-13(7-2)17-9-8-12(16-17)10-14(18)11-15(3,4)19-5/h8-9,13H,6-7,10-11H2,1-5H3. The Labute approximate surface area is 116 Å². The third kappa shape index (κ3) is 4.78. The molecule has 0 bridgehead atoms. The summed E-state index contributed by atoms with van der Waals surface area (Å²) >= 11 is 0. The van der Waals surface area contributed by atoms with E-state index in [9.17, 15) is 4.79 Å². The van der Waals surface area contributed by atoms with Gasteiger partial charge in [0.25, 0.3) is 0 Å². The molecule has 0 radical (unpaired) electrons. The quantitative estimate of drug-likeness (QED) is 0.726. The first-order valence-corrected chi connectivity index (χ1v) is 7.02. The molecule has 4 heteroatoms. The Kier molecular flexibility index (Phi) is 5.73. The van der Waals surface area contributed by atoms with E-state index in [1.165, 1.54) is 0 Å². The van der Waals surface area contributed by atoms with Crippen LogP contribution in [0.25, 0.3) is 0 Å². The van der Waals surface area contributed by atoms with Crippen LogP contribution in [-0.4, -0.2) is 28.3 Å². The van der Waals surface area contributed by atoms with Gasteiger partial charge in [0.15, 0.2) is 0 Å². The number of carbonyl (C=O) groups is 1. The molecule has 19 heavy (non-hydrogen) atoms. The molecular formula is C15H26N2O2. The Bertz CT molecular complexity index is 406. The van der Waals surface area contributed by atoms with Gasteiger partial charge in [-0.15, -0.1) is 0 Å². The Morgan fingerprint density at radius 3 is 2.58 bits per heavy atom. The topological polar surface area (TPSA) is 44.1 Å². The molecule has 0 spiro atoms. The second-order valence-corrected chi connectivity index (χ2v) is 5.61. The maximum atomic E-state index is 12.0. The van der Waals surface area contributed by atoms with Gasteiger partial charge in [-0.1, -0.05) is 13.8 Å². The molecule has 0 aliphatic rings. The summed E-state index contributed by atoms with van der Waals surface area (Å²) in [5, 5.41) is 4.50. The van der Waals surface area contributed by atoms with Crippen LogP contribution in [0.5, 0.6) is 0 Å². The largest absolute Gasteiger partial charge is 0.378 e. The number of rotatable bonds is 8. The van der Waals surface area contributed by atoms with E-state index in [1.807, 2.05) is 30.8 Å². The fraction of sp³-hybridized carbons (Fsp3) is 0.733. The van der Waals surface area contributed by atoms with Gasteiger partial charge >= 0.3 is 0 Å². The second-order valence-electron chi connectivity index (χ2n) is 5.61. The van der Waals surface area contributed by atoms with Gasteiger partial charge in [-0.05, 0) is 32.8 Å². The van der Waals surface area contributed by atoms with Gasteiger partial charge in [0.2, 0.25) is 0 Å². The van der Waals surface area contributed by atoms with E-state index in [-0.39, 0.29) is 5.78 Å². The lowest BCUT2D eigenvalue weighted by Gasteiger charge is -2.21. The fourth-order valence-corrected chi connectivity index (χ4v) is 2.15. The molecule has 0 aliphatic heterocycles.